The topological polar surface area (TPSA) is 20.2 Å². The maximum atomic E-state index is 8.96. The quantitative estimate of drug-likeness (QED) is 0.671. The molecule has 2 rings (SSSR count). The molecule has 1 aliphatic carbocycles. The molecular formula is C11H14O. The number of rotatable bonds is 1. The van der Waals surface area contributed by atoms with Crippen molar-refractivity contribution < 1.29 is 5.11 Å². The second-order valence-electron chi connectivity index (χ2n) is 3.63. The number of fused-ring (bicyclic) bond motifs is 1. The second-order valence-corrected chi connectivity index (χ2v) is 3.63. The van der Waals surface area contributed by atoms with Crippen molar-refractivity contribution in [1.82, 2.24) is 0 Å². The van der Waals surface area contributed by atoms with Crippen molar-refractivity contribution in [3.05, 3.63) is 34.9 Å². The molecule has 0 aliphatic heterocycles. The molecule has 0 saturated heterocycles. The molecule has 1 aromatic carbocycles. The van der Waals surface area contributed by atoms with E-state index in [0.29, 0.717) is 5.92 Å². The van der Waals surface area contributed by atoms with E-state index in [9.17, 15) is 0 Å². The Labute approximate surface area is 73.0 Å². The molecule has 1 aromatic rings. The predicted octanol–water partition coefficient (Wildman–Crippen LogP) is 2.23. The van der Waals surface area contributed by atoms with Crippen LogP contribution in [-0.4, -0.2) is 5.11 Å². The van der Waals surface area contributed by atoms with Crippen LogP contribution in [0.1, 0.15) is 36.0 Å². The Hall–Kier alpha value is -0.820. The lowest BCUT2D eigenvalue weighted by Gasteiger charge is -2.05. The van der Waals surface area contributed by atoms with Gasteiger partial charge in [0.2, 0.25) is 0 Å². The zero-order chi connectivity index (χ0) is 8.55. The molecule has 0 heterocycles. The first-order valence-electron chi connectivity index (χ1n) is 4.54. The molecular weight excluding hydrogens is 148 g/mol. The van der Waals surface area contributed by atoms with Gasteiger partial charge in [-0.1, -0.05) is 25.1 Å². The molecule has 0 bridgehead atoms. The van der Waals surface area contributed by atoms with Crippen molar-refractivity contribution >= 4 is 0 Å². The third-order valence-electron chi connectivity index (χ3n) is 2.77. The Morgan fingerprint density at radius 2 is 2.33 bits per heavy atom. The lowest BCUT2D eigenvalue weighted by molar-refractivity contribution is 0.281. The summed E-state index contributed by atoms with van der Waals surface area (Å²) in [5, 5.41) is 8.96. The van der Waals surface area contributed by atoms with E-state index in [1.165, 1.54) is 24.0 Å². The Balaban J connectivity index is 2.43. The van der Waals surface area contributed by atoms with Crippen molar-refractivity contribution in [2.45, 2.75) is 32.3 Å². The minimum absolute atomic E-state index is 0.167. The molecule has 0 amide bonds. The van der Waals surface area contributed by atoms with E-state index in [1.54, 1.807) is 0 Å². The summed E-state index contributed by atoms with van der Waals surface area (Å²) in [7, 11) is 0. The van der Waals surface area contributed by atoms with Crippen LogP contribution in [0, 0.1) is 0 Å². The van der Waals surface area contributed by atoms with Crippen LogP contribution in [0.2, 0.25) is 0 Å². The van der Waals surface area contributed by atoms with Gasteiger partial charge < -0.3 is 5.11 Å². The number of hydrogen-bond acceptors (Lipinski definition) is 1. The van der Waals surface area contributed by atoms with Crippen molar-refractivity contribution in [3.63, 3.8) is 0 Å². The lowest BCUT2D eigenvalue weighted by Crippen LogP contribution is -1.90. The highest BCUT2D eigenvalue weighted by atomic mass is 16.3. The molecule has 1 heteroatoms. The fraction of sp³-hybridized carbons (Fsp3) is 0.455. The number of aliphatic hydroxyl groups excluding tert-OH is 1. The highest BCUT2D eigenvalue weighted by Crippen LogP contribution is 2.32. The van der Waals surface area contributed by atoms with Gasteiger partial charge in [-0.05, 0) is 35.4 Å². The molecule has 0 radical (unpaired) electrons. The van der Waals surface area contributed by atoms with E-state index in [-0.39, 0.29) is 6.61 Å². The third-order valence-corrected chi connectivity index (χ3v) is 2.77. The maximum absolute atomic E-state index is 8.96. The van der Waals surface area contributed by atoms with Gasteiger partial charge in [-0.3, -0.25) is 0 Å². The number of aryl methyl sites for hydroxylation is 1. The number of benzene rings is 1. The monoisotopic (exact) mass is 162 g/mol. The van der Waals surface area contributed by atoms with Gasteiger partial charge in [0, 0.05) is 0 Å². The van der Waals surface area contributed by atoms with Crippen LogP contribution >= 0.6 is 0 Å². The van der Waals surface area contributed by atoms with Gasteiger partial charge >= 0.3 is 0 Å². The smallest absolute Gasteiger partial charge is 0.0681 e. The molecule has 1 unspecified atom stereocenters. The highest BCUT2D eigenvalue weighted by molar-refractivity contribution is 5.37. The van der Waals surface area contributed by atoms with Crippen LogP contribution in [0.5, 0.6) is 0 Å². The van der Waals surface area contributed by atoms with Crippen LogP contribution in [0.25, 0.3) is 0 Å². The van der Waals surface area contributed by atoms with E-state index < -0.39 is 0 Å². The minimum Gasteiger partial charge on any atom is -0.392 e. The lowest BCUT2D eigenvalue weighted by atomic mass is 10.0. The molecule has 0 aromatic heterocycles. The molecule has 1 atom stereocenters. The Kier molecular flexibility index (Phi) is 1.89. The third kappa shape index (κ3) is 1.14. The summed E-state index contributed by atoms with van der Waals surface area (Å²) in [5.41, 5.74) is 3.96. The summed E-state index contributed by atoms with van der Waals surface area (Å²) in [6.45, 7) is 2.42. The molecule has 1 aliphatic rings. The van der Waals surface area contributed by atoms with E-state index in [0.717, 1.165) is 5.56 Å². The summed E-state index contributed by atoms with van der Waals surface area (Å²) >= 11 is 0. The summed E-state index contributed by atoms with van der Waals surface area (Å²) < 4.78 is 0. The first-order valence-corrected chi connectivity index (χ1v) is 4.54. The standard InChI is InChI=1S/C11H14O/c1-8-2-4-10-5-3-9(7-12)6-11(8)10/h3,5-6,8,12H,2,4,7H2,1H3. The van der Waals surface area contributed by atoms with Gasteiger partial charge in [0.05, 0.1) is 6.61 Å². The van der Waals surface area contributed by atoms with Gasteiger partial charge in [0.1, 0.15) is 0 Å². The SMILES string of the molecule is CC1CCc2ccc(CO)cc21. The van der Waals surface area contributed by atoms with Crippen LogP contribution in [0.4, 0.5) is 0 Å². The highest BCUT2D eigenvalue weighted by Gasteiger charge is 2.17. The summed E-state index contributed by atoms with van der Waals surface area (Å²) in [4.78, 5) is 0. The second kappa shape index (κ2) is 2.91. The Bertz CT molecular complexity index is 291. The fourth-order valence-corrected chi connectivity index (χ4v) is 1.96. The van der Waals surface area contributed by atoms with Crippen LogP contribution in [0.15, 0.2) is 18.2 Å². The van der Waals surface area contributed by atoms with Gasteiger partial charge in [0.15, 0.2) is 0 Å². The zero-order valence-corrected chi connectivity index (χ0v) is 7.38. The predicted molar refractivity (Wildman–Crippen MR) is 49.1 cm³/mol. The molecule has 0 saturated carbocycles. The summed E-state index contributed by atoms with van der Waals surface area (Å²) in [5.74, 6) is 0.687. The molecule has 0 spiro atoms. The van der Waals surface area contributed by atoms with Gasteiger partial charge in [-0.15, -0.1) is 0 Å². The first kappa shape index (κ1) is 7.81. The zero-order valence-electron chi connectivity index (χ0n) is 7.38. The normalized spacial score (nSPS) is 21.0. The van der Waals surface area contributed by atoms with Gasteiger partial charge in [0.25, 0.3) is 0 Å². The van der Waals surface area contributed by atoms with E-state index in [4.69, 9.17) is 5.11 Å². The van der Waals surface area contributed by atoms with Crippen LogP contribution < -0.4 is 0 Å². The first-order chi connectivity index (χ1) is 5.81. The summed E-state index contributed by atoms with van der Waals surface area (Å²) in [6, 6.07) is 6.33. The van der Waals surface area contributed by atoms with Crippen LogP contribution in [0.3, 0.4) is 0 Å². The Morgan fingerprint density at radius 3 is 3.08 bits per heavy atom. The molecule has 12 heavy (non-hydrogen) atoms. The van der Waals surface area contributed by atoms with E-state index >= 15 is 0 Å². The molecule has 64 valence electrons. The van der Waals surface area contributed by atoms with Crippen molar-refractivity contribution in [2.24, 2.45) is 0 Å². The van der Waals surface area contributed by atoms with E-state index in [1.807, 2.05) is 6.07 Å². The van der Waals surface area contributed by atoms with Crippen molar-refractivity contribution in [3.8, 4) is 0 Å². The summed E-state index contributed by atoms with van der Waals surface area (Å²) in [6.07, 6.45) is 2.48. The minimum atomic E-state index is 0.167. The maximum Gasteiger partial charge on any atom is 0.0681 e. The largest absolute Gasteiger partial charge is 0.392 e. The number of hydrogen-bond donors (Lipinski definition) is 1. The Morgan fingerprint density at radius 1 is 1.50 bits per heavy atom. The average Bonchev–Trinajstić information content (AvgIpc) is 2.47. The van der Waals surface area contributed by atoms with Gasteiger partial charge in [-0.25, -0.2) is 0 Å². The van der Waals surface area contributed by atoms with Crippen molar-refractivity contribution in [2.75, 3.05) is 0 Å². The molecule has 1 N–H and O–H groups in total. The van der Waals surface area contributed by atoms with E-state index in [2.05, 4.69) is 19.1 Å². The van der Waals surface area contributed by atoms with Crippen molar-refractivity contribution in [1.29, 1.82) is 0 Å². The average molecular weight is 162 g/mol. The number of aliphatic hydroxyl groups is 1. The fourth-order valence-electron chi connectivity index (χ4n) is 1.96. The molecule has 1 nitrogen and oxygen atoms in total. The van der Waals surface area contributed by atoms with Gasteiger partial charge in [-0.2, -0.15) is 0 Å². The van der Waals surface area contributed by atoms with Crippen LogP contribution in [-0.2, 0) is 13.0 Å². The molecule has 0 fully saturated rings.